The number of aromatic nitrogens is 1. The molecule has 1 aliphatic rings. The van der Waals surface area contributed by atoms with Crippen LogP contribution in [0.15, 0.2) is 60.9 Å². The molecule has 5 nitrogen and oxygen atoms in total. The fraction of sp³-hybridized carbons (Fsp3) is 0.217. The molecular weight excluding hydrogens is 371 g/mol. The second kappa shape index (κ2) is 8.31. The van der Waals surface area contributed by atoms with Gasteiger partial charge in [0, 0.05) is 18.7 Å². The lowest BCUT2D eigenvalue weighted by Gasteiger charge is -2.27. The quantitative estimate of drug-likeness (QED) is 0.641. The first-order valence-electron chi connectivity index (χ1n) is 9.44. The van der Waals surface area contributed by atoms with E-state index in [9.17, 15) is 9.18 Å². The number of pyridine rings is 1. The molecule has 4 rings (SSSR count). The van der Waals surface area contributed by atoms with E-state index in [1.807, 2.05) is 12.1 Å². The second-order valence-electron chi connectivity index (χ2n) is 6.89. The van der Waals surface area contributed by atoms with Gasteiger partial charge in [-0.25, -0.2) is 9.18 Å². The van der Waals surface area contributed by atoms with E-state index in [-0.39, 0.29) is 11.7 Å². The van der Waals surface area contributed by atoms with Crippen molar-refractivity contribution in [1.29, 1.82) is 0 Å². The number of esters is 1. The predicted octanol–water partition coefficient (Wildman–Crippen LogP) is 4.65. The maximum Gasteiger partial charge on any atom is 0.340 e. The zero-order valence-corrected chi connectivity index (χ0v) is 16.0. The van der Waals surface area contributed by atoms with Crippen molar-refractivity contribution in [3.63, 3.8) is 0 Å². The van der Waals surface area contributed by atoms with Crippen molar-refractivity contribution < 1.29 is 18.7 Å². The van der Waals surface area contributed by atoms with Crippen LogP contribution in [0.3, 0.4) is 0 Å². The van der Waals surface area contributed by atoms with Crippen LogP contribution < -0.4 is 10.1 Å². The Bertz CT molecular complexity index is 1020. The minimum absolute atomic E-state index is 0.228. The summed E-state index contributed by atoms with van der Waals surface area (Å²) in [5.41, 5.74) is 4.14. The summed E-state index contributed by atoms with van der Waals surface area (Å²) >= 11 is 0. The highest BCUT2D eigenvalue weighted by Gasteiger charge is 2.23. The summed E-state index contributed by atoms with van der Waals surface area (Å²) in [7, 11) is 1.36. The molecule has 1 aliphatic heterocycles. The lowest BCUT2D eigenvalue weighted by molar-refractivity contribution is 0.0601. The molecule has 0 amide bonds. The van der Waals surface area contributed by atoms with Gasteiger partial charge < -0.3 is 14.8 Å². The average Bonchev–Trinajstić information content (AvgIpc) is 2.77. The summed E-state index contributed by atoms with van der Waals surface area (Å²) in [5.74, 6) is 0.415. The van der Waals surface area contributed by atoms with Crippen LogP contribution in [0.1, 0.15) is 28.3 Å². The van der Waals surface area contributed by atoms with Gasteiger partial charge in [0.2, 0.25) is 0 Å². The number of hydrogen-bond acceptors (Lipinski definition) is 5. The molecule has 2 aromatic carbocycles. The molecule has 29 heavy (non-hydrogen) atoms. The summed E-state index contributed by atoms with van der Waals surface area (Å²) in [6, 6.07) is 14.1. The molecule has 0 aliphatic carbocycles. The monoisotopic (exact) mass is 392 g/mol. The van der Waals surface area contributed by atoms with Crippen LogP contribution in [-0.2, 0) is 4.74 Å². The molecule has 3 aromatic rings. The fourth-order valence-corrected chi connectivity index (χ4v) is 3.55. The van der Waals surface area contributed by atoms with Gasteiger partial charge in [0.05, 0.1) is 31.2 Å². The normalized spacial score (nSPS) is 15.2. The van der Waals surface area contributed by atoms with Crippen LogP contribution in [0.25, 0.3) is 11.1 Å². The first-order valence-corrected chi connectivity index (χ1v) is 9.44. The number of nitrogens with zero attached hydrogens (tertiary/aromatic N) is 1. The van der Waals surface area contributed by atoms with Gasteiger partial charge in [-0.3, -0.25) is 4.98 Å². The minimum Gasteiger partial charge on any atom is -0.493 e. The van der Waals surface area contributed by atoms with Gasteiger partial charge in [0.1, 0.15) is 11.6 Å². The first kappa shape index (κ1) is 18.9. The van der Waals surface area contributed by atoms with Crippen molar-refractivity contribution in [2.45, 2.75) is 12.3 Å². The Morgan fingerprint density at radius 2 is 2.00 bits per heavy atom. The molecule has 1 N–H and O–H groups in total. The largest absolute Gasteiger partial charge is 0.493 e. The molecule has 0 radical (unpaired) electrons. The van der Waals surface area contributed by atoms with Gasteiger partial charge in [-0.1, -0.05) is 24.3 Å². The van der Waals surface area contributed by atoms with Gasteiger partial charge >= 0.3 is 5.97 Å². The summed E-state index contributed by atoms with van der Waals surface area (Å²) in [5, 5.41) is 3.33. The molecule has 1 atom stereocenters. The van der Waals surface area contributed by atoms with Gasteiger partial charge in [-0.05, 0) is 47.4 Å². The van der Waals surface area contributed by atoms with Crippen molar-refractivity contribution in [2.75, 3.05) is 25.6 Å². The van der Waals surface area contributed by atoms with Crippen molar-refractivity contribution >= 4 is 11.7 Å². The fourth-order valence-electron chi connectivity index (χ4n) is 3.55. The number of methoxy groups -OCH3 is 1. The van der Waals surface area contributed by atoms with Crippen LogP contribution in [-0.4, -0.2) is 31.2 Å². The molecule has 6 heteroatoms. The van der Waals surface area contributed by atoms with E-state index in [0.717, 1.165) is 28.9 Å². The maximum atomic E-state index is 13.2. The Morgan fingerprint density at radius 3 is 2.79 bits per heavy atom. The predicted molar refractivity (Wildman–Crippen MR) is 109 cm³/mol. The van der Waals surface area contributed by atoms with Gasteiger partial charge in [-0.15, -0.1) is 0 Å². The van der Waals surface area contributed by atoms with E-state index < -0.39 is 5.97 Å². The highest BCUT2D eigenvalue weighted by atomic mass is 19.1. The molecule has 1 aromatic heterocycles. The zero-order chi connectivity index (χ0) is 20.2. The van der Waals surface area contributed by atoms with Crippen LogP contribution in [0, 0.1) is 5.82 Å². The average molecular weight is 392 g/mol. The van der Waals surface area contributed by atoms with Crippen molar-refractivity contribution in [1.82, 2.24) is 4.98 Å². The van der Waals surface area contributed by atoms with Crippen molar-refractivity contribution in [3.05, 3.63) is 77.9 Å². The molecule has 0 saturated carbocycles. The number of ether oxygens (including phenoxy) is 2. The van der Waals surface area contributed by atoms with E-state index in [2.05, 4.69) is 16.4 Å². The van der Waals surface area contributed by atoms with Crippen molar-refractivity contribution in [3.8, 4) is 16.9 Å². The number of carbonyl (C=O) groups is 1. The lowest BCUT2D eigenvalue weighted by Crippen LogP contribution is -2.21. The number of anilines is 1. The number of rotatable bonds is 5. The van der Waals surface area contributed by atoms with Crippen molar-refractivity contribution in [2.24, 2.45) is 0 Å². The van der Waals surface area contributed by atoms with Crippen LogP contribution >= 0.6 is 0 Å². The molecule has 148 valence electrons. The third kappa shape index (κ3) is 4.06. The molecular formula is C23H21FN2O3. The lowest BCUT2D eigenvalue weighted by atomic mass is 9.91. The summed E-state index contributed by atoms with van der Waals surface area (Å²) in [6.07, 6.45) is 4.06. The van der Waals surface area contributed by atoms with Crippen LogP contribution in [0.2, 0.25) is 0 Å². The molecule has 2 heterocycles. The molecule has 0 unspecified atom stereocenters. The summed E-state index contributed by atoms with van der Waals surface area (Å²) < 4.78 is 23.9. The Balaban J connectivity index is 1.53. The van der Waals surface area contributed by atoms with E-state index >= 15 is 0 Å². The van der Waals surface area contributed by atoms with E-state index in [4.69, 9.17) is 9.47 Å². The zero-order valence-electron chi connectivity index (χ0n) is 16.0. The summed E-state index contributed by atoms with van der Waals surface area (Å²) in [4.78, 5) is 16.0. The van der Waals surface area contributed by atoms with Gasteiger partial charge in [0.15, 0.2) is 0 Å². The second-order valence-corrected chi connectivity index (χ2v) is 6.89. The van der Waals surface area contributed by atoms with Crippen LogP contribution in [0.5, 0.6) is 5.75 Å². The third-order valence-corrected chi connectivity index (χ3v) is 5.12. The highest BCUT2D eigenvalue weighted by molar-refractivity contribution is 5.95. The van der Waals surface area contributed by atoms with Gasteiger partial charge in [0.25, 0.3) is 0 Å². The Morgan fingerprint density at radius 1 is 1.21 bits per heavy atom. The Labute approximate surface area is 168 Å². The number of nitrogens with one attached hydrogen (secondary N) is 1. The smallest absolute Gasteiger partial charge is 0.340 e. The molecule has 0 bridgehead atoms. The third-order valence-electron chi connectivity index (χ3n) is 5.12. The van der Waals surface area contributed by atoms with E-state index in [1.54, 1.807) is 30.6 Å². The van der Waals surface area contributed by atoms with Gasteiger partial charge in [-0.2, -0.15) is 0 Å². The van der Waals surface area contributed by atoms with E-state index in [0.29, 0.717) is 24.4 Å². The Kier molecular flexibility index (Phi) is 5.42. The standard InChI is InChI=1S/C23H21FN2O3/c1-28-23(27)20-8-10-25-14-21(20)26-13-17-9-11-29-22-12-16(4-7-19(17)22)15-2-5-18(24)6-3-15/h2-8,10,12,14,17,26H,9,11,13H2,1H3/t17-/m1/s1. The highest BCUT2D eigenvalue weighted by Crippen LogP contribution is 2.37. The number of halogens is 1. The van der Waals surface area contributed by atoms with E-state index in [1.165, 1.54) is 19.2 Å². The topological polar surface area (TPSA) is 60.5 Å². The Hall–Kier alpha value is -3.41. The summed E-state index contributed by atoms with van der Waals surface area (Å²) in [6.45, 7) is 1.26. The molecule has 0 spiro atoms. The number of fused-ring (bicyclic) bond motifs is 1. The maximum absolute atomic E-state index is 13.2. The molecule has 0 fully saturated rings. The number of benzene rings is 2. The number of carbonyl (C=O) groups excluding carboxylic acids is 1. The van der Waals surface area contributed by atoms with Crippen LogP contribution in [0.4, 0.5) is 10.1 Å². The number of hydrogen-bond donors (Lipinski definition) is 1. The SMILES string of the molecule is COC(=O)c1ccncc1NC[C@H]1CCOc2cc(-c3ccc(F)cc3)ccc21. The molecule has 0 saturated heterocycles. The minimum atomic E-state index is -0.397. The first-order chi connectivity index (χ1) is 14.2.